The van der Waals surface area contributed by atoms with Gasteiger partial charge in [-0.05, 0) is 41.7 Å². The fourth-order valence-electron chi connectivity index (χ4n) is 2.57. The van der Waals surface area contributed by atoms with Crippen LogP contribution in [0.25, 0.3) is 0 Å². The van der Waals surface area contributed by atoms with Crippen LogP contribution in [0.3, 0.4) is 0 Å². The number of hydrogen-bond donors (Lipinski definition) is 2. The van der Waals surface area contributed by atoms with Gasteiger partial charge < -0.3 is 15.4 Å². The van der Waals surface area contributed by atoms with E-state index in [-0.39, 0.29) is 18.4 Å². The Balaban J connectivity index is 1.85. The van der Waals surface area contributed by atoms with Gasteiger partial charge in [-0.25, -0.2) is 0 Å². The summed E-state index contributed by atoms with van der Waals surface area (Å²) in [6.45, 7) is 4.14. The fourth-order valence-corrected chi connectivity index (χ4v) is 2.57. The molecule has 2 aromatic rings. The molecular weight excluding hydrogens is 328 g/mol. The Morgan fingerprint density at radius 3 is 2.35 bits per heavy atom. The molecule has 0 radical (unpaired) electrons. The lowest BCUT2D eigenvalue weighted by Crippen LogP contribution is -2.20. The van der Waals surface area contributed by atoms with E-state index in [1.807, 2.05) is 48.5 Å². The molecule has 0 saturated carbocycles. The van der Waals surface area contributed by atoms with E-state index in [1.165, 1.54) is 0 Å². The molecule has 0 atom stereocenters. The average molecular weight is 354 g/mol. The van der Waals surface area contributed by atoms with Crippen LogP contribution in [0, 0.1) is 0 Å². The van der Waals surface area contributed by atoms with E-state index in [0.717, 1.165) is 16.9 Å². The molecule has 138 valence electrons. The number of hydrogen-bond acceptors (Lipinski definition) is 3. The summed E-state index contributed by atoms with van der Waals surface area (Å²) < 4.78 is 5.68. The number of amides is 2. The van der Waals surface area contributed by atoms with Gasteiger partial charge in [-0.1, -0.05) is 44.2 Å². The summed E-state index contributed by atoms with van der Waals surface area (Å²) in [5.41, 5.74) is 2.84. The van der Waals surface area contributed by atoms with E-state index >= 15 is 0 Å². The minimum absolute atomic E-state index is 0.0150. The number of carbonyl (C=O) groups is 2. The van der Waals surface area contributed by atoms with Crippen molar-refractivity contribution < 1.29 is 14.3 Å². The fraction of sp³-hybridized carbons (Fsp3) is 0.333. The highest BCUT2D eigenvalue weighted by atomic mass is 16.5. The zero-order chi connectivity index (χ0) is 18.9. The molecule has 0 aliphatic rings. The van der Waals surface area contributed by atoms with E-state index in [1.54, 1.807) is 7.05 Å². The summed E-state index contributed by atoms with van der Waals surface area (Å²) >= 11 is 0. The molecule has 2 aromatic carbocycles. The molecule has 0 heterocycles. The number of ether oxygens (including phenoxy) is 1. The second-order valence-electron chi connectivity index (χ2n) is 6.40. The molecule has 0 fully saturated rings. The molecule has 0 unspecified atom stereocenters. The number of carbonyl (C=O) groups excluding carboxylic acids is 2. The molecule has 26 heavy (non-hydrogen) atoms. The molecule has 0 aromatic heterocycles. The molecule has 0 spiro atoms. The molecule has 0 saturated heterocycles. The van der Waals surface area contributed by atoms with Crippen molar-refractivity contribution in [3.8, 4) is 5.75 Å². The van der Waals surface area contributed by atoms with Gasteiger partial charge in [0.15, 0.2) is 6.61 Å². The monoisotopic (exact) mass is 354 g/mol. The Hall–Kier alpha value is -2.82. The van der Waals surface area contributed by atoms with Crippen LogP contribution in [0.1, 0.15) is 37.3 Å². The molecule has 0 bridgehead atoms. The van der Waals surface area contributed by atoms with Crippen molar-refractivity contribution in [2.24, 2.45) is 0 Å². The molecule has 2 rings (SSSR count). The second-order valence-corrected chi connectivity index (χ2v) is 6.40. The van der Waals surface area contributed by atoms with Crippen LogP contribution < -0.4 is 15.4 Å². The van der Waals surface area contributed by atoms with Crippen molar-refractivity contribution in [3.05, 3.63) is 59.7 Å². The maximum Gasteiger partial charge on any atom is 0.262 e. The van der Waals surface area contributed by atoms with E-state index < -0.39 is 0 Å². The summed E-state index contributed by atoms with van der Waals surface area (Å²) in [5.74, 6) is 0.877. The lowest BCUT2D eigenvalue weighted by atomic mass is 10.0. The highest BCUT2D eigenvalue weighted by Crippen LogP contribution is 2.25. The van der Waals surface area contributed by atoms with Crippen LogP contribution in [0.4, 0.5) is 5.69 Å². The zero-order valence-electron chi connectivity index (χ0n) is 15.5. The third kappa shape index (κ3) is 5.92. The first-order chi connectivity index (χ1) is 12.5. The number of rotatable bonds is 8. The molecular formula is C21H26N2O3. The van der Waals surface area contributed by atoms with E-state index in [0.29, 0.717) is 24.4 Å². The standard InChI is InChI=1S/C21H26N2O3/c1-15(2)18-6-4-5-7-19(18)26-14-21(25)23-17-11-8-16(9-12-17)10-13-20(24)22-3/h4-9,11-12,15H,10,13-14H2,1-3H3,(H,22,24)(H,23,25). The maximum absolute atomic E-state index is 12.1. The second kappa shape index (κ2) is 9.61. The van der Waals surface area contributed by atoms with Gasteiger partial charge in [0.2, 0.25) is 5.91 Å². The first-order valence-electron chi connectivity index (χ1n) is 8.80. The quantitative estimate of drug-likeness (QED) is 0.762. The minimum Gasteiger partial charge on any atom is -0.483 e. The Morgan fingerprint density at radius 2 is 1.69 bits per heavy atom. The molecule has 2 N–H and O–H groups in total. The van der Waals surface area contributed by atoms with Crippen molar-refractivity contribution in [3.63, 3.8) is 0 Å². The van der Waals surface area contributed by atoms with Crippen molar-refractivity contribution in [1.29, 1.82) is 0 Å². The van der Waals surface area contributed by atoms with Gasteiger partial charge in [0.1, 0.15) is 5.75 Å². The predicted molar refractivity (Wildman–Crippen MR) is 103 cm³/mol. The van der Waals surface area contributed by atoms with Crippen LogP contribution >= 0.6 is 0 Å². The normalized spacial score (nSPS) is 10.5. The van der Waals surface area contributed by atoms with Crippen molar-refractivity contribution in [2.45, 2.75) is 32.6 Å². The predicted octanol–water partition coefficient (Wildman–Crippen LogP) is 3.51. The van der Waals surface area contributed by atoms with Crippen molar-refractivity contribution in [2.75, 3.05) is 19.0 Å². The average Bonchev–Trinajstić information content (AvgIpc) is 2.65. The first kappa shape index (κ1) is 19.5. The summed E-state index contributed by atoms with van der Waals surface area (Å²) in [7, 11) is 1.63. The molecule has 0 aliphatic heterocycles. The minimum atomic E-state index is -0.207. The summed E-state index contributed by atoms with van der Waals surface area (Å²) in [4.78, 5) is 23.4. The van der Waals surface area contributed by atoms with Crippen LogP contribution in [0.5, 0.6) is 5.75 Å². The van der Waals surface area contributed by atoms with Crippen LogP contribution in [-0.2, 0) is 16.0 Å². The van der Waals surface area contributed by atoms with E-state index in [9.17, 15) is 9.59 Å². The van der Waals surface area contributed by atoms with Gasteiger partial charge in [0.25, 0.3) is 5.91 Å². The summed E-state index contributed by atoms with van der Waals surface area (Å²) in [6.07, 6.45) is 1.12. The van der Waals surface area contributed by atoms with Gasteiger partial charge >= 0.3 is 0 Å². The Kier molecular flexibility index (Phi) is 7.21. The number of benzene rings is 2. The first-order valence-corrected chi connectivity index (χ1v) is 8.80. The SMILES string of the molecule is CNC(=O)CCc1ccc(NC(=O)COc2ccccc2C(C)C)cc1. The molecule has 2 amide bonds. The lowest BCUT2D eigenvalue weighted by Gasteiger charge is -2.13. The van der Waals surface area contributed by atoms with E-state index in [2.05, 4.69) is 24.5 Å². The Morgan fingerprint density at radius 1 is 1.00 bits per heavy atom. The number of anilines is 1. The van der Waals surface area contributed by atoms with Gasteiger partial charge in [-0.3, -0.25) is 9.59 Å². The van der Waals surface area contributed by atoms with Gasteiger partial charge in [-0.2, -0.15) is 0 Å². The molecule has 5 heteroatoms. The van der Waals surface area contributed by atoms with Crippen molar-refractivity contribution >= 4 is 17.5 Å². The van der Waals surface area contributed by atoms with E-state index in [4.69, 9.17) is 4.74 Å². The smallest absolute Gasteiger partial charge is 0.262 e. The number of aryl methyl sites for hydroxylation is 1. The lowest BCUT2D eigenvalue weighted by molar-refractivity contribution is -0.120. The molecule has 0 aliphatic carbocycles. The highest BCUT2D eigenvalue weighted by molar-refractivity contribution is 5.91. The van der Waals surface area contributed by atoms with Gasteiger partial charge in [0.05, 0.1) is 0 Å². The third-order valence-electron chi connectivity index (χ3n) is 4.06. The summed E-state index contributed by atoms with van der Waals surface area (Å²) in [6, 6.07) is 15.2. The van der Waals surface area contributed by atoms with Gasteiger partial charge in [0, 0.05) is 19.2 Å². The topological polar surface area (TPSA) is 67.4 Å². The zero-order valence-corrected chi connectivity index (χ0v) is 15.5. The maximum atomic E-state index is 12.1. The Bertz CT molecular complexity index is 739. The third-order valence-corrected chi connectivity index (χ3v) is 4.06. The van der Waals surface area contributed by atoms with Crippen molar-refractivity contribution in [1.82, 2.24) is 5.32 Å². The Labute approximate surface area is 154 Å². The van der Waals surface area contributed by atoms with Crippen LogP contribution in [-0.4, -0.2) is 25.5 Å². The largest absolute Gasteiger partial charge is 0.483 e. The highest BCUT2D eigenvalue weighted by Gasteiger charge is 2.09. The van der Waals surface area contributed by atoms with Crippen LogP contribution in [0.2, 0.25) is 0 Å². The summed E-state index contributed by atoms with van der Waals surface area (Å²) in [5, 5.41) is 5.42. The van der Waals surface area contributed by atoms with Gasteiger partial charge in [-0.15, -0.1) is 0 Å². The van der Waals surface area contributed by atoms with Crippen LogP contribution in [0.15, 0.2) is 48.5 Å². The number of para-hydroxylation sites is 1. The number of nitrogens with one attached hydrogen (secondary N) is 2. The molecule has 5 nitrogen and oxygen atoms in total.